The van der Waals surface area contributed by atoms with Crippen molar-refractivity contribution in [2.75, 3.05) is 0 Å². The van der Waals surface area contributed by atoms with E-state index in [0.717, 1.165) is 0 Å². The van der Waals surface area contributed by atoms with E-state index in [1.807, 2.05) is 0 Å². The summed E-state index contributed by atoms with van der Waals surface area (Å²) in [6.07, 6.45) is 0. The fourth-order valence-electron chi connectivity index (χ4n) is 2.91. The molecule has 0 saturated carbocycles. The van der Waals surface area contributed by atoms with Crippen LogP contribution in [0, 0.1) is 0 Å². The predicted molar refractivity (Wildman–Crippen MR) is 94.1 cm³/mol. The highest BCUT2D eigenvalue weighted by Gasteiger charge is 2.14. The molecule has 0 amide bonds. The Morgan fingerprint density at radius 1 is 0.571 bits per heavy atom. The van der Waals surface area contributed by atoms with Gasteiger partial charge < -0.3 is 0 Å². The normalized spacial score (nSPS) is 11.7. The molecule has 112 valence electrons. The van der Waals surface area contributed by atoms with E-state index >= 15 is 0 Å². The van der Waals surface area contributed by atoms with Crippen LogP contribution in [0.4, 0.5) is 0 Å². The summed E-state index contributed by atoms with van der Waals surface area (Å²) in [5.74, 6) is 1.67. The SMILES string of the molecule is CC(C)c1ccc(-c2ccccc2C(C)C)c(C(C)C)c1. The summed E-state index contributed by atoms with van der Waals surface area (Å²) in [6.45, 7) is 13.7. The molecule has 0 heterocycles. The van der Waals surface area contributed by atoms with Gasteiger partial charge in [-0.25, -0.2) is 0 Å². The maximum Gasteiger partial charge on any atom is -0.0146 e. The van der Waals surface area contributed by atoms with Crippen LogP contribution in [0.15, 0.2) is 42.5 Å². The van der Waals surface area contributed by atoms with Gasteiger partial charge in [-0.3, -0.25) is 0 Å². The molecule has 0 fully saturated rings. The molecular weight excluding hydrogens is 252 g/mol. The molecule has 0 atom stereocenters. The molecule has 0 radical (unpaired) electrons. The van der Waals surface area contributed by atoms with Crippen LogP contribution >= 0.6 is 0 Å². The molecular formula is C21H28. The van der Waals surface area contributed by atoms with Crippen molar-refractivity contribution >= 4 is 0 Å². The largest absolute Gasteiger partial charge is 0.0619 e. The molecule has 0 aromatic heterocycles. The molecule has 0 saturated heterocycles. The number of hydrogen-bond acceptors (Lipinski definition) is 0. The molecule has 0 unspecified atom stereocenters. The summed E-state index contributed by atoms with van der Waals surface area (Å²) in [7, 11) is 0. The smallest absolute Gasteiger partial charge is 0.0146 e. The van der Waals surface area contributed by atoms with Crippen LogP contribution in [-0.2, 0) is 0 Å². The lowest BCUT2D eigenvalue weighted by Crippen LogP contribution is -1.99. The van der Waals surface area contributed by atoms with Crippen molar-refractivity contribution in [3.63, 3.8) is 0 Å². The van der Waals surface area contributed by atoms with Gasteiger partial charge in [-0.15, -0.1) is 0 Å². The molecule has 2 aromatic carbocycles. The number of benzene rings is 2. The van der Waals surface area contributed by atoms with Crippen molar-refractivity contribution in [2.45, 2.75) is 59.3 Å². The maximum atomic E-state index is 2.40. The summed E-state index contributed by atoms with van der Waals surface area (Å²) >= 11 is 0. The second kappa shape index (κ2) is 6.47. The molecule has 21 heavy (non-hydrogen) atoms. The Balaban J connectivity index is 2.64. The van der Waals surface area contributed by atoms with E-state index in [1.54, 1.807) is 0 Å². The van der Waals surface area contributed by atoms with E-state index < -0.39 is 0 Å². The van der Waals surface area contributed by atoms with Crippen LogP contribution in [0.25, 0.3) is 11.1 Å². The standard InChI is InChI=1S/C21H28/c1-14(2)17-11-12-20(21(13-17)16(5)6)19-10-8-7-9-18(19)15(3)4/h7-16H,1-6H3. The number of hydrogen-bond donors (Lipinski definition) is 0. The zero-order valence-corrected chi connectivity index (χ0v) is 14.3. The molecule has 0 heteroatoms. The van der Waals surface area contributed by atoms with Gasteiger partial charge in [0.05, 0.1) is 0 Å². The van der Waals surface area contributed by atoms with Crippen LogP contribution < -0.4 is 0 Å². The lowest BCUT2D eigenvalue weighted by Gasteiger charge is -2.20. The molecule has 0 nitrogen and oxygen atoms in total. The zero-order chi connectivity index (χ0) is 15.6. The van der Waals surface area contributed by atoms with Gasteiger partial charge in [-0.2, -0.15) is 0 Å². The first kappa shape index (κ1) is 15.8. The Hall–Kier alpha value is -1.56. The van der Waals surface area contributed by atoms with Crippen LogP contribution in [0.5, 0.6) is 0 Å². The fourth-order valence-corrected chi connectivity index (χ4v) is 2.91. The fraction of sp³-hybridized carbons (Fsp3) is 0.429. The maximum absolute atomic E-state index is 2.40. The Morgan fingerprint density at radius 2 is 1.14 bits per heavy atom. The molecule has 0 aliphatic carbocycles. The first-order chi connectivity index (χ1) is 9.91. The van der Waals surface area contributed by atoms with E-state index in [9.17, 15) is 0 Å². The molecule has 2 aromatic rings. The van der Waals surface area contributed by atoms with E-state index in [2.05, 4.69) is 84.0 Å². The van der Waals surface area contributed by atoms with Gasteiger partial charge in [-0.05, 0) is 45.6 Å². The van der Waals surface area contributed by atoms with Gasteiger partial charge in [0.1, 0.15) is 0 Å². The summed E-state index contributed by atoms with van der Waals surface area (Å²) < 4.78 is 0. The van der Waals surface area contributed by atoms with Crippen LogP contribution in [0.1, 0.15) is 76.0 Å². The lowest BCUT2D eigenvalue weighted by molar-refractivity contribution is 0.833. The lowest BCUT2D eigenvalue weighted by atomic mass is 9.85. The Labute approximate surface area is 130 Å². The van der Waals surface area contributed by atoms with E-state index in [-0.39, 0.29) is 0 Å². The molecule has 2 rings (SSSR count). The third-order valence-corrected chi connectivity index (χ3v) is 4.24. The first-order valence-corrected chi connectivity index (χ1v) is 8.15. The van der Waals surface area contributed by atoms with Gasteiger partial charge in [0.25, 0.3) is 0 Å². The van der Waals surface area contributed by atoms with Crippen molar-refractivity contribution in [1.29, 1.82) is 0 Å². The predicted octanol–water partition coefficient (Wildman–Crippen LogP) is 6.72. The van der Waals surface area contributed by atoms with E-state index in [0.29, 0.717) is 17.8 Å². The highest BCUT2D eigenvalue weighted by Crippen LogP contribution is 2.36. The van der Waals surface area contributed by atoms with Crippen molar-refractivity contribution < 1.29 is 0 Å². The van der Waals surface area contributed by atoms with Crippen LogP contribution in [0.3, 0.4) is 0 Å². The van der Waals surface area contributed by atoms with Crippen molar-refractivity contribution in [3.05, 3.63) is 59.2 Å². The third kappa shape index (κ3) is 3.37. The molecule has 0 N–H and O–H groups in total. The van der Waals surface area contributed by atoms with Crippen molar-refractivity contribution in [2.24, 2.45) is 0 Å². The summed E-state index contributed by atoms with van der Waals surface area (Å²) in [4.78, 5) is 0. The Kier molecular flexibility index (Phi) is 4.88. The Bertz CT molecular complexity index is 603. The van der Waals surface area contributed by atoms with Crippen LogP contribution in [-0.4, -0.2) is 0 Å². The molecule has 0 spiro atoms. The molecule has 0 aliphatic rings. The van der Waals surface area contributed by atoms with Gasteiger partial charge in [0.15, 0.2) is 0 Å². The van der Waals surface area contributed by atoms with E-state index in [1.165, 1.54) is 27.8 Å². The second-order valence-corrected chi connectivity index (χ2v) is 6.90. The first-order valence-electron chi connectivity index (χ1n) is 8.15. The van der Waals surface area contributed by atoms with Crippen molar-refractivity contribution in [1.82, 2.24) is 0 Å². The molecule has 0 bridgehead atoms. The minimum atomic E-state index is 0.541. The van der Waals surface area contributed by atoms with Crippen LogP contribution in [0.2, 0.25) is 0 Å². The van der Waals surface area contributed by atoms with Gasteiger partial charge in [-0.1, -0.05) is 84.0 Å². The summed E-state index contributed by atoms with van der Waals surface area (Å²) in [6, 6.07) is 15.9. The zero-order valence-electron chi connectivity index (χ0n) is 14.3. The highest BCUT2D eigenvalue weighted by molar-refractivity contribution is 5.72. The van der Waals surface area contributed by atoms with Crippen molar-refractivity contribution in [3.8, 4) is 11.1 Å². The van der Waals surface area contributed by atoms with E-state index in [4.69, 9.17) is 0 Å². The topological polar surface area (TPSA) is 0 Å². The monoisotopic (exact) mass is 280 g/mol. The van der Waals surface area contributed by atoms with Gasteiger partial charge in [0, 0.05) is 0 Å². The number of rotatable bonds is 4. The summed E-state index contributed by atoms with van der Waals surface area (Å²) in [5, 5.41) is 0. The third-order valence-electron chi connectivity index (χ3n) is 4.24. The minimum absolute atomic E-state index is 0.541. The molecule has 0 aliphatic heterocycles. The van der Waals surface area contributed by atoms with Gasteiger partial charge >= 0.3 is 0 Å². The minimum Gasteiger partial charge on any atom is -0.0619 e. The average molecular weight is 280 g/mol. The quantitative estimate of drug-likeness (QED) is 0.583. The summed E-state index contributed by atoms with van der Waals surface area (Å²) in [5.41, 5.74) is 7.14. The average Bonchev–Trinajstić information content (AvgIpc) is 2.46. The second-order valence-electron chi connectivity index (χ2n) is 6.90. The Morgan fingerprint density at radius 3 is 1.71 bits per heavy atom. The van der Waals surface area contributed by atoms with Gasteiger partial charge in [0.2, 0.25) is 0 Å². The highest BCUT2D eigenvalue weighted by atomic mass is 14.2.